The third kappa shape index (κ3) is 1.99. The van der Waals surface area contributed by atoms with Crippen molar-refractivity contribution in [3.05, 3.63) is 35.9 Å². The smallest absolute Gasteiger partial charge is 0.410 e. The molecule has 20 heavy (non-hydrogen) atoms. The second-order valence-electron chi connectivity index (χ2n) is 6.40. The van der Waals surface area contributed by atoms with Gasteiger partial charge in [-0.05, 0) is 12.0 Å². The lowest BCUT2D eigenvalue weighted by molar-refractivity contribution is -0.138. The van der Waals surface area contributed by atoms with E-state index in [0.717, 1.165) is 12.0 Å². The molecule has 1 unspecified atom stereocenters. The van der Waals surface area contributed by atoms with Gasteiger partial charge in [0.25, 0.3) is 0 Å². The van der Waals surface area contributed by atoms with E-state index in [1.54, 1.807) is 4.90 Å². The number of fused-ring (bicyclic) bond motifs is 1. The summed E-state index contributed by atoms with van der Waals surface area (Å²) in [6.07, 6.45) is 0.302. The van der Waals surface area contributed by atoms with Crippen molar-refractivity contribution in [2.45, 2.75) is 39.0 Å². The highest BCUT2D eigenvalue weighted by molar-refractivity contribution is 5.69. The summed E-state index contributed by atoms with van der Waals surface area (Å²) >= 11 is 0. The van der Waals surface area contributed by atoms with E-state index < -0.39 is 0 Å². The Morgan fingerprint density at radius 3 is 2.80 bits per heavy atom. The van der Waals surface area contributed by atoms with Crippen LogP contribution in [0.5, 0.6) is 0 Å². The predicted octanol–water partition coefficient (Wildman–Crippen LogP) is 2.41. The highest BCUT2D eigenvalue weighted by Crippen LogP contribution is 2.53. The number of hydrogen-bond donors (Lipinski definition) is 1. The maximum absolute atomic E-state index is 12.2. The lowest BCUT2D eigenvalue weighted by Crippen LogP contribution is -2.64. The van der Waals surface area contributed by atoms with E-state index in [2.05, 4.69) is 0 Å². The van der Waals surface area contributed by atoms with E-state index in [4.69, 9.17) is 4.74 Å². The van der Waals surface area contributed by atoms with Crippen LogP contribution in [0.2, 0.25) is 0 Å². The first-order valence-electron chi connectivity index (χ1n) is 7.17. The van der Waals surface area contributed by atoms with Gasteiger partial charge < -0.3 is 14.7 Å². The van der Waals surface area contributed by atoms with Crippen LogP contribution in [0.4, 0.5) is 4.79 Å². The quantitative estimate of drug-likeness (QED) is 0.901. The molecule has 1 aliphatic heterocycles. The number of ether oxygens (including phenoxy) is 1. The molecule has 1 aromatic carbocycles. The Kier molecular flexibility index (Phi) is 3.21. The molecule has 0 radical (unpaired) electrons. The number of rotatable bonds is 2. The fourth-order valence-corrected chi connectivity index (χ4v) is 3.72. The monoisotopic (exact) mass is 275 g/mol. The summed E-state index contributed by atoms with van der Waals surface area (Å²) in [6.45, 7) is 5.02. The van der Waals surface area contributed by atoms with E-state index in [1.807, 2.05) is 44.2 Å². The van der Waals surface area contributed by atoms with Crippen LogP contribution >= 0.6 is 0 Å². The molecule has 1 aromatic rings. The number of carbonyl (C=O) groups is 1. The van der Waals surface area contributed by atoms with Crippen molar-refractivity contribution in [1.29, 1.82) is 0 Å². The molecule has 3 atom stereocenters. The first-order valence-corrected chi connectivity index (χ1v) is 7.17. The van der Waals surface area contributed by atoms with Gasteiger partial charge in [0.1, 0.15) is 6.61 Å². The van der Waals surface area contributed by atoms with Crippen LogP contribution in [0, 0.1) is 11.3 Å². The Hall–Kier alpha value is -1.55. The Morgan fingerprint density at radius 2 is 2.10 bits per heavy atom. The predicted molar refractivity (Wildman–Crippen MR) is 75.0 cm³/mol. The van der Waals surface area contributed by atoms with Gasteiger partial charge in [0.2, 0.25) is 0 Å². The summed E-state index contributed by atoms with van der Waals surface area (Å²) in [5, 5.41) is 10.1. The van der Waals surface area contributed by atoms with Crippen molar-refractivity contribution in [3.63, 3.8) is 0 Å². The summed E-state index contributed by atoms with van der Waals surface area (Å²) in [6, 6.07) is 9.80. The van der Waals surface area contributed by atoms with Crippen LogP contribution in [0.1, 0.15) is 25.8 Å². The molecule has 0 spiro atoms. The molecule has 0 bridgehead atoms. The normalized spacial score (nSPS) is 30.6. The number of likely N-dealkylation sites (tertiary alicyclic amines) is 1. The number of amides is 1. The molecular formula is C16H21NO3. The second-order valence-corrected chi connectivity index (χ2v) is 6.40. The molecule has 1 heterocycles. The Morgan fingerprint density at radius 1 is 1.40 bits per heavy atom. The molecule has 108 valence electrons. The molecule has 2 aliphatic rings. The van der Waals surface area contributed by atoms with Crippen molar-refractivity contribution < 1.29 is 14.6 Å². The molecule has 4 heteroatoms. The zero-order valence-corrected chi connectivity index (χ0v) is 12.0. The lowest BCUT2D eigenvalue weighted by Gasteiger charge is -2.54. The van der Waals surface area contributed by atoms with Gasteiger partial charge in [-0.2, -0.15) is 0 Å². The largest absolute Gasteiger partial charge is 0.445 e. The van der Waals surface area contributed by atoms with Gasteiger partial charge in [-0.3, -0.25) is 0 Å². The summed E-state index contributed by atoms with van der Waals surface area (Å²) in [7, 11) is 0. The van der Waals surface area contributed by atoms with Gasteiger partial charge in [-0.25, -0.2) is 4.79 Å². The summed E-state index contributed by atoms with van der Waals surface area (Å²) in [5.74, 6) is 0.217. The molecule has 2 fully saturated rings. The number of benzene rings is 1. The van der Waals surface area contributed by atoms with E-state index in [0.29, 0.717) is 13.2 Å². The fourth-order valence-electron chi connectivity index (χ4n) is 3.72. The molecule has 3 rings (SSSR count). The number of aliphatic hydroxyl groups excluding tert-OH is 1. The number of carbonyl (C=O) groups excluding carboxylic acids is 1. The minimum Gasteiger partial charge on any atom is -0.445 e. The summed E-state index contributed by atoms with van der Waals surface area (Å²) in [4.78, 5) is 14.0. The van der Waals surface area contributed by atoms with Gasteiger partial charge in [0.05, 0.1) is 6.10 Å². The molecule has 1 saturated carbocycles. The summed E-state index contributed by atoms with van der Waals surface area (Å²) in [5.41, 5.74) is 0.761. The van der Waals surface area contributed by atoms with Gasteiger partial charge in [-0.15, -0.1) is 0 Å². The third-order valence-corrected chi connectivity index (χ3v) is 4.81. The average Bonchev–Trinajstić information content (AvgIpc) is 2.88. The Bertz CT molecular complexity index is 500. The van der Waals surface area contributed by atoms with Crippen LogP contribution < -0.4 is 0 Å². The van der Waals surface area contributed by atoms with Crippen LogP contribution in [-0.2, 0) is 11.3 Å². The van der Waals surface area contributed by atoms with E-state index in [9.17, 15) is 9.90 Å². The summed E-state index contributed by atoms with van der Waals surface area (Å²) < 4.78 is 5.40. The van der Waals surface area contributed by atoms with Crippen LogP contribution in [-0.4, -0.2) is 34.8 Å². The van der Waals surface area contributed by atoms with Crippen molar-refractivity contribution in [2.75, 3.05) is 6.54 Å². The fraction of sp³-hybridized carbons (Fsp3) is 0.562. The van der Waals surface area contributed by atoms with Gasteiger partial charge >= 0.3 is 6.09 Å². The third-order valence-electron chi connectivity index (χ3n) is 4.81. The molecule has 1 N–H and O–H groups in total. The van der Waals surface area contributed by atoms with Crippen molar-refractivity contribution >= 4 is 6.09 Å². The molecule has 4 nitrogen and oxygen atoms in total. The van der Waals surface area contributed by atoms with Gasteiger partial charge in [-0.1, -0.05) is 44.2 Å². The maximum atomic E-state index is 12.2. The number of aliphatic hydroxyl groups is 1. The van der Waals surface area contributed by atoms with E-state index in [1.165, 1.54) is 0 Å². The van der Waals surface area contributed by atoms with Crippen molar-refractivity contribution in [1.82, 2.24) is 4.90 Å². The van der Waals surface area contributed by atoms with Gasteiger partial charge in [0.15, 0.2) is 0 Å². The minimum absolute atomic E-state index is 0.112. The molecule has 0 aromatic heterocycles. The van der Waals surface area contributed by atoms with Crippen LogP contribution in [0.15, 0.2) is 30.3 Å². The maximum Gasteiger partial charge on any atom is 0.410 e. The van der Waals surface area contributed by atoms with Gasteiger partial charge in [0, 0.05) is 23.9 Å². The molecule has 1 saturated heterocycles. The topological polar surface area (TPSA) is 49.8 Å². The molecule has 1 aliphatic carbocycles. The average molecular weight is 275 g/mol. The Balaban J connectivity index is 1.61. The van der Waals surface area contributed by atoms with Crippen molar-refractivity contribution in [2.24, 2.45) is 11.3 Å². The van der Waals surface area contributed by atoms with Crippen molar-refractivity contribution in [3.8, 4) is 0 Å². The first kappa shape index (κ1) is 13.4. The molecular weight excluding hydrogens is 254 g/mol. The standard InChI is InChI=1S/C16H21NO3/c1-16(2)13-12(14(16)18)8-9-17(13)15(19)20-10-11-6-4-3-5-7-11/h3-7,12-14,18H,8-10H2,1-2H3/t12-,13+,14?/m1/s1. The highest BCUT2D eigenvalue weighted by atomic mass is 16.6. The van der Waals surface area contributed by atoms with Crippen LogP contribution in [0.3, 0.4) is 0 Å². The zero-order chi connectivity index (χ0) is 14.3. The van der Waals surface area contributed by atoms with Crippen LogP contribution in [0.25, 0.3) is 0 Å². The van der Waals surface area contributed by atoms with E-state index in [-0.39, 0.29) is 29.6 Å². The second kappa shape index (κ2) is 4.77. The minimum atomic E-state index is -0.306. The lowest BCUT2D eigenvalue weighted by atomic mass is 9.58. The van der Waals surface area contributed by atoms with E-state index >= 15 is 0 Å². The first-order chi connectivity index (χ1) is 9.51. The number of hydrogen-bond acceptors (Lipinski definition) is 3. The highest BCUT2D eigenvalue weighted by Gasteiger charge is 2.62. The number of nitrogens with zero attached hydrogens (tertiary/aromatic N) is 1. The zero-order valence-electron chi connectivity index (χ0n) is 12.0. The Labute approximate surface area is 119 Å². The molecule has 1 amide bonds. The SMILES string of the molecule is CC1(C)C(O)[C@@H]2CCN(C(=O)OCc3ccccc3)[C@@H]21.